The number of hydrogen-bond donors (Lipinski definition) is 2. The molecule has 0 amide bonds. The van der Waals surface area contributed by atoms with Gasteiger partial charge in [-0.15, -0.1) is 0 Å². The van der Waals surface area contributed by atoms with Crippen molar-refractivity contribution in [1.82, 2.24) is 9.97 Å². The third-order valence-corrected chi connectivity index (χ3v) is 2.45. The minimum absolute atomic E-state index is 0.121. The standard InChI is InChI=1S/C10H18N4O/c1-7(4-5-11)14(3)9-6-10(15)13-8(2)12-9/h6-7H,4-5,11H2,1-3H3,(H,12,13,15). The first-order chi connectivity index (χ1) is 7.04. The van der Waals surface area contributed by atoms with E-state index in [2.05, 4.69) is 16.9 Å². The van der Waals surface area contributed by atoms with E-state index in [9.17, 15) is 4.79 Å². The number of hydrogen-bond acceptors (Lipinski definition) is 4. The van der Waals surface area contributed by atoms with E-state index in [4.69, 9.17) is 5.73 Å². The molecule has 0 aliphatic heterocycles. The van der Waals surface area contributed by atoms with Crippen molar-refractivity contribution in [2.75, 3.05) is 18.5 Å². The van der Waals surface area contributed by atoms with Gasteiger partial charge in [0.15, 0.2) is 0 Å². The molecule has 84 valence electrons. The number of aryl methyl sites for hydroxylation is 1. The van der Waals surface area contributed by atoms with Crippen molar-refractivity contribution >= 4 is 5.82 Å². The zero-order chi connectivity index (χ0) is 11.4. The minimum atomic E-state index is -0.121. The molecule has 1 aromatic rings. The summed E-state index contributed by atoms with van der Waals surface area (Å²) < 4.78 is 0. The molecule has 0 spiro atoms. The van der Waals surface area contributed by atoms with Gasteiger partial charge in [-0.05, 0) is 26.8 Å². The van der Waals surface area contributed by atoms with Gasteiger partial charge in [-0.3, -0.25) is 4.79 Å². The van der Waals surface area contributed by atoms with E-state index in [0.717, 1.165) is 6.42 Å². The fourth-order valence-corrected chi connectivity index (χ4v) is 1.41. The van der Waals surface area contributed by atoms with E-state index in [1.54, 1.807) is 6.92 Å². The number of nitrogens with zero attached hydrogens (tertiary/aromatic N) is 2. The Morgan fingerprint density at radius 2 is 2.33 bits per heavy atom. The van der Waals surface area contributed by atoms with E-state index in [0.29, 0.717) is 18.2 Å². The molecule has 0 fully saturated rings. The van der Waals surface area contributed by atoms with Crippen molar-refractivity contribution < 1.29 is 0 Å². The first-order valence-corrected chi connectivity index (χ1v) is 5.05. The molecular formula is C10H18N4O. The fraction of sp³-hybridized carbons (Fsp3) is 0.600. The Kier molecular flexibility index (Phi) is 3.85. The summed E-state index contributed by atoms with van der Waals surface area (Å²) in [5.41, 5.74) is 5.37. The Hall–Kier alpha value is -1.36. The monoisotopic (exact) mass is 210 g/mol. The van der Waals surface area contributed by atoms with Crippen molar-refractivity contribution in [2.45, 2.75) is 26.3 Å². The molecule has 0 radical (unpaired) electrons. The van der Waals surface area contributed by atoms with Crippen molar-refractivity contribution in [3.8, 4) is 0 Å². The van der Waals surface area contributed by atoms with E-state index >= 15 is 0 Å². The second kappa shape index (κ2) is 4.93. The molecule has 1 rings (SSSR count). The van der Waals surface area contributed by atoms with Crippen LogP contribution in [0.25, 0.3) is 0 Å². The third-order valence-electron chi connectivity index (χ3n) is 2.45. The van der Waals surface area contributed by atoms with Crippen LogP contribution >= 0.6 is 0 Å². The predicted molar refractivity (Wildman–Crippen MR) is 61.1 cm³/mol. The van der Waals surface area contributed by atoms with E-state index in [1.165, 1.54) is 6.07 Å². The van der Waals surface area contributed by atoms with Crippen LogP contribution in [0.15, 0.2) is 10.9 Å². The van der Waals surface area contributed by atoms with Crippen molar-refractivity contribution in [2.24, 2.45) is 5.73 Å². The van der Waals surface area contributed by atoms with Gasteiger partial charge in [0.2, 0.25) is 0 Å². The third kappa shape index (κ3) is 3.06. The summed E-state index contributed by atoms with van der Waals surface area (Å²) in [6, 6.07) is 1.78. The van der Waals surface area contributed by atoms with Crippen LogP contribution in [0.3, 0.4) is 0 Å². The molecule has 1 aromatic heterocycles. The fourth-order valence-electron chi connectivity index (χ4n) is 1.41. The van der Waals surface area contributed by atoms with Crippen molar-refractivity contribution in [3.63, 3.8) is 0 Å². The van der Waals surface area contributed by atoms with Crippen LogP contribution in [0.4, 0.5) is 5.82 Å². The molecule has 15 heavy (non-hydrogen) atoms. The first kappa shape index (κ1) is 11.7. The quantitative estimate of drug-likeness (QED) is 0.747. The number of H-pyrrole nitrogens is 1. The molecule has 0 aliphatic carbocycles. The second-order valence-electron chi connectivity index (χ2n) is 3.73. The molecule has 0 aliphatic rings. The molecule has 0 saturated heterocycles. The largest absolute Gasteiger partial charge is 0.357 e. The summed E-state index contributed by atoms with van der Waals surface area (Å²) in [7, 11) is 1.92. The highest BCUT2D eigenvalue weighted by Gasteiger charge is 2.11. The van der Waals surface area contributed by atoms with Crippen molar-refractivity contribution in [3.05, 3.63) is 22.2 Å². The lowest BCUT2D eigenvalue weighted by molar-refractivity contribution is 0.627. The average molecular weight is 210 g/mol. The van der Waals surface area contributed by atoms with Crippen LogP contribution in [0.5, 0.6) is 0 Å². The normalized spacial score (nSPS) is 12.5. The topological polar surface area (TPSA) is 75.0 Å². The first-order valence-electron chi connectivity index (χ1n) is 5.05. The molecule has 3 N–H and O–H groups in total. The van der Waals surface area contributed by atoms with Gasteiger partial charge < -0.3 is 15.6 Å². The highest BCUT2D eigenvalue weighted by atomic mass is 16.1. The number of aromatic nitrogens is 2. The molecule has 0 bridgehead atoms. The van der Waals surface area contributed by atoms with Crippen molar-refractivity contribution in [1.29, 1.82) is 0 Å². The van der Waals surface area contributed by atoms with Crippen LogP contribution in [0.2, 0.25) is 0 Å². The molecule has 0 saturated carbocycles. The van der Waals surface area contributed by atoms with Gasteiger partial charge >= 0.3 is 0 Å². The Morgan fingerprint density at radius 3 is 2.87 bits per heavy atom. The van der Waals surface area contributed by atoms with Gasteiger partial charge in [0.25, 0.3) is 5.56 Å². The molecule has 5 nitrogen and oxygen atoms in total. The zero-order valence-electron chi connectivity index (χ0n) is 9.45. The maximum Gasteiger partial charge on any atom is 0.252 e. The highest BCUT2D eigenvalue weighted by molar-refractivity contribution is 5.37. The molecule has 1 atom stereocenters. The van der Waals surface area contributed by atoms with E-state index < -0.39 is 0 Å². The SMILES string of the molecule is Cc1nc(N(C)C(C)CCN)cc(=O)[nH]1. The summed E-state index contributed by atoms with van der Waals surface area (Å²) in [6.07, 6.45) is 0.879. The van der Waals surface area contributed by atoms with Gasteiger partial charge in [-0.25, -0.2) is 4.98 Å². The van der Waals surface area contributed by atoms with Gasteiger partial charge in [-0.1, -0.05) is 0 Å². The number of nitrogens with one attached hydrogen (secondary N) is 1. The summed E-state index contributed by atoms with van der Waals surface area (Å²) in [6.45, 7) is 4.46. The summed E-state index contributed by atoms with van der Waals surface area (Å²) in [5.74, 6) is 1.32. The lowest BCUT2D eigenvalue weighted by Gasteiger charge is -2.25. The van der Waals surface area contributed by atoms with Crippen LogP contribution in [-0.2, 0) is 0 Å². The van der Waals surface area contributed by atoms with Crippen LogP contribution < -0.4 is 16.2 Å². The van der Waals surface area contributed by atoms with Crippen LogP contribution in [0.1, 0.15) is 19.2 Å². The molecule has 1 heterocycles. The number of nitrogens with two attached hydrogens (primary N) is 1. The van der Waals surface area contributed by atoms with Crippen LogP contribution in [0, 0.1) is 6.92 Å². The Balaban J connectivity index is 2.90. The highest BCUT2D eigenvalue weighted by Crippen LogP contribution is 2.10. The average Bonchev–Trinajstić information content (AvgIpc) is 2.15. The summed E-state index contributed by atoms with van der Waals surface area (Å²) >= 11 is 0. The van der Waals surface area contributed by atoms with E-state index in [-0.39, 0.29) is 11.6 Å². The molecular weight excluding hydrogens is 192 g/mol. The number of rotatable bonds is 4. The van der Waals surface area contributed by atoms with E-state index in [1.807, 2.05) is 11.9 Å². The Morgan fingerprint density at radius 1 is 1.67 bits per heavy atom. The molecule has 0 aromatic carbocycles. The van der Waals surface area contributed by atoms with Gasteiger partial charge in [0.1, 0.15) is 11.6 Å². The summed E-state index contributed by atoms with van der Waals surface area (Å²) in [5, 5.41) is 0. The maximum atomic E-state index is 11.2. The number of aromatic amines is 1. The Bertz CT molecular complexity index is 374. The predicted octanol–water partition coefficient (Wildman–Crippen LogP) is 0.252. The molecule has 5 heteroatoms. The van der Waals surface area contributed by atoms with Crippen LogP contribution in [-0.4, -0.2) is 29.6 Å². The summed E-state index contributed by atoms with van der Waals surface area (Å²) in [4.78, 5) is 20.1. The maximum absolute atomic E-state index is 11.2. The Labute approximate surface area is 89.3 Å². The smallest absolute Gasteiger partial charge is 0.252 e. The molecule has 1 unspecified atom stereocenters. The number of anilines is 1. The zero-order valence-corrected chi connectivity index (χ0v) is 9.45. The van der Waals surface area contributed by atoms with Gasteiger partial charge in [0, 0.05) is 19.2 Å². The lowest BCUT2D eigenvalue weighted by atomic mass is 10.2. The minimum Gasteiger partial charge on any atom is -0.357 e. The van der Waals surface area contributed by atoms with Gasteiger partial charge in [-0.2, -0.15) is 0 Å². The second-order valence-corrected chi connectivity index (χ2v) is 3.73. The van der Waals surface area contributed by atoms with Gasteiger partial charge in [0.05, 0.1) is 0 Å². The lowest BCUT2D eigenvalue weighted by Crippen LogP contribution is -2.32.